The lowest BCUT2D eigenvalue weighted by Gasteiger charge is -2.48. The molecule has 5 aliphatic rings. The molecule has 9 unspecified atom stereocenters. The molecule has 5 rings (SSSR count). The summed E-state index contributed by atoms with van der Waals surface area (Å²) in [6.07, 6.45) is 3.27. The van der Waals surface area contributed by atoms with Gasteiger partial charge in [0, 0.05) is 6.04 Å². The Morgan fingerprint density at radius 3 is 2.24 bits per heavy atom. The highest BCUT2D eigenvalue weighted by Gasteiger charge is 2.80. The first-order valence-electron chi connectivity index (χ1n) is 7.50. The standard InChI is InChI=1S/C15H23N.ClH/c1-6(2)5-16-15-12-8-4-9-11-7(8)3-10(12)13(11)14(9)15;/h6-16H,3-5H2,1-2H3;1H. The molecule has 0 aliphatic heterocycles. The Balaban J connectivity index is 0.000000800. The molecule has 5 saturated carbocycles. The number of rotatable bonds is 3. The predicted octanol–water partition coefficient (Wildman–Crippen LogP) is 2.80. The van der Waals surface area contributed by atoms with Crippen LogP contribution in [-0.2, 0) is 0 Å². The van der Waals surface area contributed by atoms with Crippen LogP contribution < -0.4 is 5.32 Å². The highest BCUT2D eigenvalue weighted by molar-refractivity contribution is 5.85. The second-order valence-corrected chi connectivity index (χ2v) is 7.76. The fourth-order valence-electron chi connectivity index (χ4n) is 7.12. The van der Waals surface area contributed by atoms with E-state index in [1.807, 2.05) is 0 Å². The number of nitrogens with one attached hydrogen (secondary N) is 1. The van der Waals surface area contributed by atoms with Crippen LogP contribution in [0, 0.1) is 53.3 Å². The average Bonchev–Trinajstić information content (AvgIpc) is 2.72. The summed E-state index contributed by atoms with van der Waals surface area (Å²) in [6.45, 7) is 5.95. The summed E-state index contributed by atoms with van der Waals surface area (Å²) in [5.74, 6) is 10.2. The molecular weight excluding hydrogens is 230 g/mol. The minimum Gasteiger partial charge on any atom is -0.313 e. The highest BCUT2D eigenvalue weighted by Crippen LogP contribution is 2.82. The van der Waals surface area contributed by atoms with Gasteiger partial charge in [-0.25, -0.2) is 0 Å². The quantitative estimate of drug-likeness (QED) is 0.816. The van der Waals surface area contributed by atoms with E-state index >= 15 is 0 Å². The average molecular weight is 254 g/mol. The van der Waals surface area contributed by atoms with E-state index in [0.29, 0.717) is 0 Å². The maximum absolute atomic E-state index is 3.96. The zero-order valence-corrected chi connectivity index (χ0v) is 11.6. The highest BCUT2D eigenvalue weighted by atomic mass is 35.5. The summed E-state index contributed by atoms with van der Waals surface area (Å²) in [6, 6.07) is 0.949. The van der Waals surface area contributed by atoms with E-state index < -0.39 is 0 Å². The number of hydrogen-bond donors (Lipinski definition) is 1. The molecule has 0 radical (unpaired) electrons. The van der Waals surface area contributed by atoms with E-state index in [1.165, 1.54) is 42.1 Å². The van der Waals surface area contributed by atoms with Crippen LogP contribution in [0.4, 0.5) is 0 Å². The second-order valence-electron chi connectivity index (χ2n) is 7.76. The lowest BCUT2D eigenvalue weighted by Crippen LogP contribution is -2.51. The smallest absolute Gasteiger partial charge is 0.0135 e. The van der Waals surface area contributed by atoms with Crippen LogP contribution in [-0.4, -0.2) is 12.6 Å². The molecular formula is C15H24ClN. The number of fused-ring (bicyclic) bond motifs is 2. The van der Waals surface area contributed by atoms with Gasteiger partial charge >= 0.3 is 0 Å². The summed E-state index contributed by atoms with van der Waals surface area (Å²) in [5, 5.41) is 3.96. The van der Waals surface area contributed by atoms with Gasteiger partial charge in [0.1, 0.15) is 0 Å². The molecule has 0 saturated heterocycles. The van der Waals surface area contributed by atoms with Gasteiger partial charge in [0.2, 0.25) is 0 Å². The van der Waals surface area contributed by atoms with Crippen LogP contribution in [0.1, 0.15) is 26.7 Å². The van der Waals surface area contributed by atoms with Gasteiger partial charge in [-0.05, 0) is 72.6 Å². The van der Waals surface area contributed by atoms with Crippen molar-refractivity contribution in [3.8, 4) is 0 Å². The molecule has 0 aromatic carbocycles. The third-order valence-electron chi connectivity index (χ3n) is 7.08. The van der Waals surface area contributed by atoms with Crippen molar-refractivity contribution in [1.29, 1.82) is 0 Å². The lowest BCUT2D eigenvalue weighted by atomic mass is 9.59. The lowest BCUT2D eigenvalue weighted by molar-refractivity contribution is 0.00928. The zero-order chi connectivity index (χ0) is 10.6. The van der Waals surface area contributed by atoms with Crippen LogP contribution in [0.2, 0.25) is 0 Å². The number of halogens is 1. The van der Waals surface area contributed by atoms with Crippen LogP contribution in [0.3, 0.4) is 0 Å². The van der Waals surface area contributed by atoms with Crippen molar-refractivity contribution in [2.24, 2.45) is 53.3 Å². The second kappa shape index (κ2) is 3.22. The van der Waals surface area contributed by atoms with E-state index in [1.54, 1.807) is 12.8 Å². The van der Waals surface area contributed by atoms with Crippen LogP contribution in [0.25, 0.3) is 0 Å². The maximum atomic E-state index is 3.96. The Bertz CT molecular complexity index is 349. The minimum atomic E-state index is 0. The number of hydrogen-bond acceptors (Lipinski definition) is 1. The summed E-state index contributed by atoms with van der Waals surface area (Å²) < 4.78 is 0. The molecule has 1 nitrogen and oxygen atoms in total. The van der Waals surface area contributed by atoms with E-state index in [0.717, 1.165) is 23.8 Å². The van der Waals surface area contributed by atoms with Crippen molar-refractivity contribution in [2.45, 2.75) is 32.7 Å². The molecule has 0 heterocycles. The summed E-state index contributed by atoms with van der Waals surface area (Å²) in [4.78, 5) is 0. The normalized spacial score (nSPS) is 63.4. The van der Waals surface area contributed by atoms with E-state index in [-0.39, 0.29) is 12.4 Å². The van der Waals surface area contributed by atoms with E-state index in [4.69, 9.17) is 0 Å². The Morgan fingerprint density at radius 1 is 0.882 bits per heavy atom. The van der Waals surface area contributed by atoms with Crippen molar-refractivity contribution in [1.82, 2.24) is 5.32 Å². The molecule has 0 amide bonds. The molecule has 17 heavy (non-hydrogen) atoms. The van der Waals surface area contributed by atoms with E-state index in [2.05, 4.69) is 19.2 Å². The Hall–Kier alpha value is 0.250. The molecule has 1 N–H and O–H groups in total. The molecule has 0 spiro atoms. The zero-order valence-electron chi connectivity index (χ0n) is 10.8. The summed E-state index contributed by atoms with van der Waals surface area (Å²) in [7, 11) is 0. The molecule has 96 valence electrons. The van der Waals surface area contributed by atoms with Gasteiger partial charge in [-0.15, -0.1) is 12.4 Å². The predicted molar refractivity (Wildman–Crippen MR) is 71.0 cm³/mol. The van der Waals surface area contributed by atoms with Gasteiger partial charge in [0.25, 0.3) is 0 Å². The van der Waals surface area contributed by atoms with Crippen LogP contribution in [0.5, 0.6) is 0 Å². The van der Waals surface area contributed by atoms with Gasteiger partial charge < -0.3 is 5.32 Å². The molecule has 9 atom stereocenters. The van der Waals surface area contributed by atoms with Gasteiger partial charge in [-0.1, -0.05) is 13.8 Å². The Kier molecular flexibility index (Phi) is 2.11. The topological polar surface area (TPSA) is 12.0 Å². The first-order valence-corrected chi connectivity index (χ1v) is 7.50. The molecule has 5 fully saturated rings. The van der Waals surface area contributed by atoms with Gasteiger partial charge in [0.15, 0.2) is 0 Å². The summed E-state index contributed by atoms with van der Waals surface area (Å²) in [5.41, 5.74) is 0. The first-order chi connectivity index (χ1) is 7.77. The van der Waals surface area contributed by atoms with Crippen LogP contribution >= 0.6 is 12.4 Å². The van der Waals surface area contributed by atoms with Crippen molar-refractivity contribution < 1.29 is 0 Å². The monoisotopic (exact) mass is 253 g/mol. The third kappa shape index (κ3) is 1.01. The first kappa shape index (κ1) is 11.1. The Morgan fingerprint density at radius 2 is 1.53 bits per heavy atom. The third-order valence-corrected chi connectivity index (χ3v) is 7.08. The molecule has 2 bridgehead atoms. The largest absolute Gasteiger partial charge is 0.313 e. The minimum absolute atomic E-state index is 0. The molecule has 5 aliphatic carbocycles. The van der Waals surface area contributed by atoms with Gasteiger partial charge in [-0.3, -0.25) is 0 Å². The van der Waals surface area contributed by atoms with E-state index in [9.17, 15) is 0 Å². The fraction of sp³-hybridized carbons (Fsp3) is 1.00. The van der Waals surface area contributed by atoms with Gasteiger partial charge in [0.05, 0.1) is 0 Å². The Labute approximate surface area is 111 Å². The van der Waals surface area contributed by atoms with Crippen molar-refractivity contribution in [3.63, 3.8) is 0 Å². The van der Waals surface area contributed by atoms with Crippen molar-refractivity contribution in [3.05, 3.63) is 0 Å². The summed E-state index contributed by atoms with van der Waals surface area (Å²) >= 11 is 0. The van der Waals surface area contributed by atoms with Crippen molar-refractivity contribution >= 4 is 12.4 Å². The molecule has 2 heteroatoms. The SMILES string of the molecule is CC(C)CNC1C2C3CC4C5C3CC2C5C41.Cl. The molecule has 0 aromatic heterocycles. The fourth-order valence-corrected chi connectivity index (χ4v) is 7.12. The van der Waals surface area contributed by atoms with Gasteiger partial charge in [-0.2, -0.15) is 0 Å². The molecule has 0 aromatic rings. The maximum Gasteiger partial charge on any atom is 0.0135 e. The van der Waals surface area contributed by atoms with Crippen LogP contribution in [0.15, 0.2) is 0 Å². The van der Waals surface area contributed by atoms with Crippen molar-refractivity contribution in [2.75, 3.05) is 6.54 Å².